The molecule has 0 unspecified atom stereocenters. The van der Waals surface area contributed by atoms with Crippen LogP contribution in [0, 0.1) is 0 Å². The number of fused-ring (bicyclic) bond motifs is 2. The van der Waals surface area contributed by atoms with Crippen molar-refractivity contribution in [2.24, 2.45) is 0 Å². The number of rotatable bonds is 6. The number of amides is 1. The molecule has 31 heavy (non-hydrogen) atoms. The summed E-state index contributed by atoms with van der Waals surface area (Å²) in [5.41, 5.74) is 13.2. The zero-order valence-electron chi connectivity index (χ0n) is 17.2. The van der Waals surface area contributed by atoms with Crippen molar-refractivity contribution < 1.29 is 9.21 Å². The molecule has 2 aliphatic heterocycles. The first kappa shape index (κ1) is 20.1. The van der Waals surface area contributed by atoms with Crippen molar-refractivity contribution in [3.8, 4) is 11.5 Å². The normalized spacial score (nSPS) is 10.9. The molecule has 0 bridgehead atoms. The van der Waals surface area contributed by atoms with Crippen LogP contribution < -0.4 is 27.2 Å². The third-order valence-electron chi connectivity index (χ3n) is 4.99. The number of nitrogens with two attached hydrogens (primary N) is 1. The molecular formula is C22H22N6O3. The van der Waals surface area contributed by atoms with Gasteiger partial charge in [-0.3, -0.25) is 15.6 Å². The summed E-state index contributed by atoms with van der Waals surface area (Å²) >= 11 is 0. The number of hydrogen-bond donors (Lipinski definition) is 3. The molecule has 158 valence electrons. The van der Waals surface area contributed by atoms with Crippen molar-refractivity contribution in [3.05, 3.63) is 64.6 Å². The van der Waals surface area contributed by atoms with E-state index in [1.807, 2.05) is 24.3 Å². The predicted molar refractivity (Wildman–Crippen MR) is 120 cm³/mol. The van der Waals surface area contributed by atoms with E-state index in [0.29, 0.717) is 22.4 Å². The molecule has 0 aliphatic carbocycles. The molecule has 4 N–H and O–H groups in total. The average molecular weight is 418 g/mol. The molecular weight excluding hydrogens is 396 g/mol. The molecule has 0 fully saturated rings. The molecule has 2 aromatic carbocycles. The molecule has 2 heterocycles. The second-order valence-corrected chi connectivity index (χ2v) is 6.92. The molecule has 0 radical (unpaired) electrons. The quantitative estimate of drug-likeness (QED) is 0.248. The highest BCUT2D eigenvalue weighted by Gasteiger charge is 2.18. The summed E-state index contributed by atoms with van der Waals surface area (Å²) in [6, 6.07) is 14.1. The Labute approximate surface area is 178 Å². The lowest BCUT2D eigenvalue weighted by Gasteiger charge is -2.21. The summed E-state index contributed by atoms with van der Waals surface area (Å²) in [4.78, 5) is 34.3. The minimum atomic E-state index is -0.722. The Morgan fingerprint density at radius 3 is 2.52 bits per heavy atom. The van der Waals surface area contributed by atoms with Crippen molar-refractivity contribution in [1.82, 2.24) is 15.4 Å². The van der Waals surface area contributed by atoms with E-state index in [2.05, 4.69) is 39.6 Å². The van der Waals surface area contributed by atoms with Crippen molar-refractivity contribution in [3.63, 3.8) is 0 Å². The van der Waals surface area contributed by atoms with Crippen LogP contribution in [-0.2, 0) is 0 Å². The molecule has 4 rings (SSSR count). The fourth-order valence-electron chi connectivity index (χ4n) is 3.33. The van der Waals surface area contributed by atoms with E-state index >= 15 is 0 Å². The van der Waals surface area contributed by atoms with Crippen LogP contribution in [0.15, 0.2) is 57.7 Å². The topological polar surface area (TPSA) is 126 Å². The minimum Gasteiger partial charge on any atom is -0.437 e. The smallest absolute Gasteiger partial charge is 0.372 e. The van der Waals surface area contributed by atoms with Gasteiger partial charge in [0.05, 0.1) is 5.56 Å². The number of anilines is 3. The standard InChI is InChI=1S/C22H22N6O3/c1-3-28(4-2)16-10-7-14-11-17-19(24-22(30)25-21(17)31-18(14)12-16)26-27-20(29)13-5-8-15(23)9-6-13/h5-12H,3-4,23H2,1-2H3,(H,27,29)(H,24,26,30). The zero-order chi connectivity index (χ0) is 22.0. The Morgan fingerprint density at radius 2 is 1.81 bits per heavy atom. The van der Waals surface area contributed by atoms with Gasteiger partial charge in [0.1, 0.15) is 5.58 Å². The molecule has 2 aliphatic rings. The van der Waals surface area contributed by atoms with Gasteiger partial charge >= 0.3 is 5.69 Å². The van der Waals surface area contributed by atoms with E-state index in [9.17, 15) is 9.59 Å². The average Bonchev–Trinajstić information content (AvgIpc) is 2.77. The molecule has 9 heteroatoms. The molecule has 2 aromatic rings. The van der Waals surface area contributed by atoms with Crippen molar-refractivity contribution in [2.75, 3.05) is 29.1 Å². The minimum absolute atomic E-state index is 0.133. The molecule has 0 atom stereocenters. The second-order valence-electron chi connectivity index (χ2n) is 6.92. The van der Waals surface area contributed by atoms with E-state index in [4.69, 9.17) is 10.2 Å². The van der Waals surface area contributed by atoms with Gasteiger partial charge in [0.2, 0.25) is 5.89 Å². The Morgan fingerprint density at radius 1 is 1.06 bits per heavy atom. The van der Waals surface area contributed by atoms with Crippen LogP contribution in [0.25, 0.3) is 22.4 Å². The number of nitrogen functional groups attached to an aromatic ring is 1. The van der Waals surface area contributed by atoms with Crippen molar-refractivity contribution in [1.29, 1.82) is 0 Å². The van der Waals surface area contributed by atoms with Gasteiger partial charge in [0, 0.05) is 41.5 Å². The van der Waals surface area contributed by atoms with Crippen LogP contribution in [0.3, 0.4) is 0 Å². The van der Waals surface area contributed by atoms with Gasteiger partial charge in [0.15, 0.2) is 5.82 Å². The zero-order valence-corrected chi connectivity index (χ0v) is 17.2. The van der Waals surface area contributed by atoms with E-state index < -0.39 is 11.6 Å². The first-order valence-corrected chi connectivity index (χ1v) is 9.91. The lowest BCUT2D eigenvalue weighted by Crippen LogP contribution is -2.31. The SMILES string of the molecule is CCN(CC)c1ccc2cc3c(NNC(=O)c4ccc(N)cc4)nc(=O)nc-3oc2c1. The highest BCUT2D eigenvalue weighted by atomic mass is 16.3. The summed E-state index contributed by atoms with van der Waals surface area (Å²) in [6.07, 6.45) is 0. The van der Waals surface area contributed by atoms with E-state index in [0.717, 1.165) is 24.2 Å². The maximum atomic E-state index is 12.4. The van der Waals surface area contributed by atoms with E-state index in [1.54, 1.807) is 24.3 Å². The molecule has 9 nitrogen and oxygen atoms in total. The van der Waals surface area contributed by atoms with Gasteiger partial charge in [-0.25, -0.2) is 4.79 Å². The van der Waals surface area contributed by atoms with Gasteiger partial charge in [-0.05, 0) is 56.3 Å². The number of aromatic nitrogens is 2. The fraction of sp³-hybridized carbons (Fsp3) is 0.182. The molecule has 0 aromatic heterocycles. The monoisotopic (exact) mass is 418 g/mol. The Bertz CT molecular complexity index is 1260. The maximum Gasteiger partial charge on any atom is 0.372 e. The largest absolute Gasteiger partial charge is 0.437 e. The summed E-state index contributed by atoms with van der Waals surface area (Å²) in [5.74, 6) is -0.119. The second kappa shape index (κ2) is 8.31. The van der Waals surface area contributed by atoms with E-state index in [1.165, 1.54) is 0 Å². The number of benzene rings is 2. The number of hydrazine groups is 1. The highest BCUT2D eigenvalue weighted by molar-refractivity contribution is 5.95. The van der Waals surface area contributed by atoms with Gasteiger partial charge in [-0.15, -0.1) is 0 Å². The summed E-state index contributed by atoms with van der Waals surface area (Å²) in [6.45, 7) is 5.89. The third kappa shape index (κ3) is 4.11. The first-order chi connectivity index (χ1) is 15.0. The Kier molecular flexibility index (Phi) is 5.40. The Balaban J connectivity index is 1.67. The van der Waals surface area contributed by atoms with Crippen LogP contribution in [0.2, 0.25) is 0 Å². The van der Waals surface area contributed by atoms with Gasteiger partial charge < -0.3 is 15.1 Å². The number of hydrogen-bond acceptors (Lipinski definition) is 8. The summed E-state index contributed by atoms with van der Waals surface area (Å²) in [7, 11) is 0. The number of nitrogens with zero attached hydrogens (tertiary/aromatic N) is 3. The Hall–Kier alpha value is -4.14. The third-order valence-corrected chi connectivity index (χ3v) is 4.99. The number of nitrogens with one attached hydrogen (secondary N) is 2. The fourth-order valence-corrected chi connectivity index (χ4v) is 3.33. The van der Waals surface area contributed by atoms with E-state index in [-0.39, 0.29) is 11.7 Å². The van der Waals surface area contributed by atoms with Gasteiger partial charge in [0.25, 0.3) is 5.91 Å². The summed E-state index contributed by atoms with van der Waals surface area (Å²) < 4.78 is 5.91. The lowest BCUT2D eigenvalue weighted by molar-refractivity contribution is 0.0962. The predicted octanol–water partition coefficient (Wildman–Crippen LogP) is 2.87. The highest BCUT2D eigenvalue weighted by Crippen LogP contribution is 2.32. The van der Waals surface area contributed by atoms with Crippen LogP contribution in [0.4, 0.5) is 17.2 Å². The van der Waals surface area contributed by atoms with Crippen LogP contribution >= 0.6 is 0 Å². The molecule has 1 amide bonds. The first-order valence-electron chi connectivity index (χ1n) is 9.91. The number of carbonyl (C=O) groups excluding carboxylic acids is 1. The maximum absolute atomic E-state index is 12.4. The van der Waals surface area contributed by atoms with Crippen molar-refractivity contribution >= 4 is 34.1 Å². The van der Waals surface area contributed by atoms with Crippen molar-refractivity contribution in [2.45, 2.75) is 13.8 Å². The lowest BCUT2D eigenvalue weighted by atomic mass is 10.1. The molecule has 0 spiro atoms. The van der Waals surface area contributed by atoms with Crippen LogP contribution in [0.5, 0.6) is 0 Å². The van der Waals surface area contributed by atoms with Crippen LogP contribution in [-0.4, -0.2) is 29.0 Å². The van der Waals surface area contributed by atoms with Gasteiger partial charge in [-0.1, -0.05) is 0 Å². The number of carbonyl (C=O) groups is 1. The molecule has 0 saturated carbocycles. The molecule has 0 saturated heterocycles. The van der Waals surface area contributed by atoms with Crippen LogP contribution in [0.1, 0.15) is 24.2 Å². The summed E-state index contributed by atoms with van der Waals surface area (Å²) in [5, 5.41) is 0.818. The van der Waals surface area contributed by atoms with Gasteiger partial charge in [-0.2, -0.15) is 9.97 Å².